The van der Waals surface area contributed by atoms with Gasteiger partial charge in [0.05, 0.1) is 0 Å². The summed E-state index contributed by atoms with van der Waals surface area (Å²) in [7, 11) is 0. The zero-order valence-electron chi connectivity index (χ0n) is 15.1. The van der Waals surface area contributed by atoms with Gasteiger partial charge in [-0.05, 0) is 55.0 Å². The fourth-order valence-electron chi connectivity index (χ4n) is 3.46. The van der Waals surface area contributed by atoms with Crippen molar-refractivity contribution in [2.75, 3.05) is 5.32 Å². The second-order valence-corrected chi connectivity index (χ2v) is 8.40. The minimum absolute atomic E-state index is 0.191. The number of benzene rings is 1. The first-order valence-electron chi connectivity index (χ1n) is 9.22. The molecule has 140 valence electrons. The fraction of sp³-hybridized carbons (Fsp3) is 0.190. The van der Waals surface area contributed by atoms with Crippen LogP contribution < -0.4 is 5.32 Å². The monoisotopic (exact) mass is 406 g/mol. The first kappa shape index (κ1) is 17.3. The highest BCUT2D eigenvalue weighted by atomic mass is 32.1. The zero-order valence-corrected chi connectivity index (χ0v) is 16.7. The van der Waals surface area contributed by atoms with Crippen molar-refractivity contribution in [1.29, 1.82) is 0 Å². The van der Waals surface area contributed by atoms with E-state index in [9.17, 15) is 4.79 Å². The average Bonchev–Trinajstić information content (AvgIpc) is 3.48. The second kappa shape index (κ2) is 7.33. The largest absolute Gasteiger partial charge is 0.328 e. The van der Waals surface area contributed by atoms with E-state index >= 15 is 0 Å². The smallest absolute Gasteiger partial charge is 0.275 e. The number of carbonyl (C=O) groups excluding carboxylic acids is 1. The number of thiazole rings is 1. The van der Waals surface area contributed by atoms with Crippen LogP contribution in [0.4, 0.5) is 5.69 Å². The first-order chi connectivity index (χ1) is 13.8. The van der Waals surface area contributed by atoms with E-state index in [4.69, 9.17) is 0 Å². The standard InChI is InChI=1S/C21H18N4OS2/c26-20(18-13-28-21(24-18)15-8-10-27-12-15)23-16-6-4-14(5-7-16)19-22-11-17-3-1-2-9-25(17)19/h4-8,10-13H,1-3,9H2,(H,23,26). The molecule has 1 aliphatic rings. The molecule has 0 spiro atoms. The predicted octanol–water partition coefficient (Wildman–Crippen LogP) is 5.32. The van der Waals surface area contributed by atoms with Crippen LogP contribution in [-0.4, -0.2) is 20.4 Å². The van der Waals surface area contributed by atoms with Gasteiger partial charge in [0.15, 0.2) is 0 Å². The number of anilines is 1. The lowest BCUT2D eigenvalue weighted by Gasteiger charge is -2.16. The number of carbonyl (C=O) groups is 1. The van der Waals surface area contributed by atoms with Gasteiger partial charge in [-0.25, -0.2) is 9.97 Å². The Bertz CT molecular complexity index is 1110. The fourth-order valence-corrected chi connectivity index (χ4v) is 4.97. The zero-order chi connectivity index (χ0) is 18.9. The minimum Gasteiger partial charge on any atom is -0.328 e. The van der Waals surface area contributed by atoms with Crippen LogP contribution in [0.25, 0.3) is 22.0 Å². The van der Waals surface area contributed by atoms with Gasteiger partial charge in [-0.2, -0.15) is 11.3 Å². The number of aromatic nitrogens is 3. The summed E-state index contributed by atoms with van der Waals surface area (Å²) < 4.78 is 2.30. The Morgan fingerprint density at radius 1 is 1.07 bits per heavy atom. The van der Waals surface area contributed by atoms with E-state index in [1.165, 1.54) is 29.9 Å². The number of fused-ring (bicyclic) bond motifs is 1. The maximum Gasteiger partial charge on any atom is 0.275 e. The molecule has 1 aliphatic heterocycles. The molecular weight excluding hydrogens is 388 g/mol. The Kier molecular flexibility index (Phi) is 4.54. The molecule has 5 nitrogen and oxygen atoms in total. The van der Waals surface area contributed by atoms with Crippen LogP contribution in [-0.2, 0) is 13.0 Å². The lowest BCUT2D eigenvalue weighted by atomic mass is 10.1. The molecule has 0 saturated heterocycles. The Hall–Kier alpha value is -2.77. The van der Waals surface area contributed by atoms with E-state index in [2.05, 4.69) is 19.9 Å². The van der Waals surface area contributed by atoms with Gasteiger partial charge in [-0.15, -0.1) is 11.3 Å². The number of aryl methyl sites for hydroxylation is 1. The van der Waals surface area contributed by atoms with Crippen LogP contribution in [0.1, 0.15) is 29.0 Å². The van der Waals surface area contributed by atoms with Gasteiger partial charge >= 0.3 is 0 Å². The second-order valence-electron chi connectivity index (χ2n) is 6.76. The van der Waals surface area contributed by atoms with Crippen LogP contribution in [0.5, 0.6) is 0 Å². The molecule has 3 aromatic heterocycles. The molecule has 1 N–H and O–H groups in total. The van der Waals surface area contributed by atoms with Crippen LogP contribution in [0.3, 0.4) is 0 Å². The van der Waals surface area contributed by atoms with Crippen LogP contribution in [0, 0.1) is 0 Å². The number of nitrogens with one attached hydrogen (secondary N) is 1. The van der Waals surface area contributed by atoms with E-state index in [1.807, 2.05) is 47.3 Å². The van der Waals surface area contributed by atoms with Crippen LogP contribution in [0.15, 0.2) is 52.7 Å². The molecule has 4 aromatic rings. The quantitative estimate of drug-likeness (QED) is 0.499. The van der Waals surface area contributed by atoms with Crippen molar-refractivity contribution in [1.82, 2.24) is 14.5 Å². The van der Waals surface area contributed by atoms with E-state index < -0.39 is 0 Å². The average molecular weight is 407 g/mol. The van der Waals surface area contributed by atoms with E-state index in [1.54, 1.807) is 16.7 Å². The third kappa shape index (κ3) is 3.27. The Morgan fingerprint density at radius 2 is 1.96 bits per heavy atom. The summed E-state index contributed by atoms with van der Waals surface area (Å²) >= 11 is 3.11. The van der Waals surface area contributed by atoms with Gasteiger partial charge in [-0.1, -0.05) is 0 Å². The first-order valence-corrected chi connectivity index (χ1v) is 11.0. The molecule has 7 heteroatoms. The Balaban J connectivity index is 1.31. The molecule has 1 amide bonds. The maximum atomic E-state index is 12.5. The molecule has 5 rings (SSSR count). The van der Waals surface area contributed by atoms with Crippen molar-refractivity contribution >= 4 is 34.3 Å². The summed E-state index contributed by atoms with van der Waals surface area (Å²) in [5.41, 5.74) is 4.63. The van der Waals surface area contributed by atoms with Crippen molar-refractivity contribution in [3.63, 3.8) is 0 Å². The molecule has 0 bridgehead atoms. The molecule has 0 unspecified atom stereocenters. The molecular formula is C21H18N4OS2. The van der Waals surface area contributed by atoms with Crippen LogP contribution >= 0.6 is 22.7 Å². The summed E-state index contributed by atoms with van der Waals surface area (Å²) in [6.45, 7) is 1.03. The summed E-state index contributed by atoms with van der Waals surface area (Å²) in [6, 6.07) is 9.88. The normalized spacial score (nSPS) is 13.3. The van der Waals surface area contributed by atoms with Crippen molar-refractivity contribution in [3.05, 3.63) is 64.1 Å². The summed E-state index contributed by atoms with van der Waals surface area (Å²) in [6.07, 6.45) is 5.52. The summed E-state index contributed by atoms with van der Waals surface area (Å²) in [5, 5.41) is 9.64. The third-order valence-corrected chi connectivity index (χ3v) is 6.48. The van der Waals surface area contributed by atoms with Gasteiger partial charge in [0.2, 0.25) is 0 Å². The molecule has 0 atom stereocenters. The summed E-state index contributed by atoms with van der Waals surface area (Å²) in [5.74, 6) is 0.816. The number of nitrogens with zero attached hydrogens (tertiary/aromatic N) is 3. The van der Waals surface area contributed by atoms with Gasteiger partial charge < -0.3 is 9.88 Å². The third-order valence-electron chi connectivity index (χ3n) is 4.91. The van der Waals surface area contributed by atoms with Gasteiger partial charge in [0.25, 0.3) is 5.91 Å². The number of rotatable bonds is 4. The van der Waals surface area contributed by atoms with E-state index in [0.29, 0.717) is 5.69 Å². The van der Waals surface area contributed by atoms with Gasteiger partial charge in [0, 0.05) is 46.0 Å². The van der Waals surface area contributed by atoms with Crippen molar-refractivity contribution < 1.29 is 4.79 Å². The topological polar surface area (TPSA) is 59.8 Å². The van der Waals surface area contributed by atoms with Crippen molar-refractivity contribution in [3.8, 4) is 22.0 Å². The van der Waals surface area contributed by atoms with Crippen molar-refractivity contribution in [2.45, 2.75) is 25.8 Å². The number of amides is 1. The molecule has 0 aliphatic carbocycles. The van der Waals surface area contributed by atoms with Gasteiger partial charge in [0.1, 0.15) is 16.5 Å². The SMILES string of the molecule is O=C(Nc1ccc(-c2ncc3n2CCCC3)cc1)c1csc(-c2ccsc2)n1. The molecule has 0 radical (unpaired) electrons. The number of imidazole rings is 1. The highest BCUT2D eigenvalue weighted by Crippen LogP contribution is 2.27. The summed E-state index contributed by atoms with van der Waals surface area (Å²) in [4.78, 5) is 21.6. The lowest BCUT2D eigenvalue weighted by Crippen LogP contribution is -2.12. The molecule has 0 saturated carbocycles. The van der Waals surface area contributed by atoms with E-state index in [-0.39, 0.29) is 5.91 Å². The maximum absolute atomic E-state index is 12.5. The predicted molar refractivity (Wildman–Crippen MR) is 114 cm³/mol. The van der Waals surface area contributed by atoms with Gasteiger partial charge in [-0.3, -0.25) is 4.79 Å². The molecule has 1 aromatic carbocycles. The van der Waals surface area contributed by atoms with Crippen molar-refractivity contribution in [2.24, 2.45) is 0 Å². The Morgan fingerprint density at radius 3 is 2.79 bits per heavy atom. The highest BCUT2D eigenvalue weighted by Gasteiger charge is 2.16. The Labute approximate surface area is 170 Å². The highest BCUT2D eigenvalue weighted by molar-refractivity contribution is 7.14. The number of hydrogen-bond donors (Lipinski definition) is 1. The number of thiophene rings is 1. The lowest BCUT2D eigenvalue weighted by molar-refractivity contribution is 0.102. The number of hydrogen-bond acceptors (Lipinski definition) is 5. The van der Waals surface area contributed by atoms with E-state index in [0.717, 1.165) is 40.6 Å². The van der Waals surface area contributed by atoms with Crippen LogP contribution in [0.2, 0.25) is 0 Å². The molecule has 28 heavy (non-hydrogen) atoms. The minimum atomic E-state index is -0.191. The molecule has 0 fully saturated rings. The molecule has 4 heterocycles.